The third-order valence-corrected chi connectivity index (χ3v) is 4.35. The first-order chi connectivity index (χ1) is 10.1. The fourth-order valence-electron chi connectivity index (χ4n) is 2.73. The smallest absolute Gasteiger partial charge is 0.197 e. The Morgan fingerprint density at radius 3 is 2.24 bits per heavy atom. The van der Waals surface area contributed by atoms with Gasteiger partial charge in [-0.3, -0.25) is 0 Å². The van der Waals surface area contributed by atoms with Gasteiger partial charge in [-0.05, 0) is 39.2 Å². The maximum atomic E-state index is 5.99. The Kier molecular flexibility index (Phi) is 3.63. The maximum Gasteiger partial charge on any atom is 0.197 e. The van der Waals surface area contributed by atoms with Gasteiger partial charge in [0.25, 0.3) is 0 Å². The summed E-state index contributed by atoms with van der Waals surface area (Å²) in [4.78, 5) is 11.3. The molecule has 2 aromatic heterocycles. The quantitative estimate of drug-likeness (QED) is 0.906. The van der Waals surface area contributed by atoms with Crippen molar-refractivity contribution < 1.29 is 0 Å². The Labute approximate surface area is 125 Å². The highest BCUT2D eigenvalue weighted by atomic mass is 15.4. The van der Waals surface area contributed by atoms with Crippen molar-refractivity contribution in [1.29, 1.82) is 0 Å². The zero-order valence-corrected chi connectivity index (χ0v) is 12.9. The lowest BCUT2D eigenvalue weighted by atomic mass is 10.1. The van der Waals surface area contributed by atoms with Crippen LogP contribution in [0.3, 0.4) is 0 Å². The van der Waals surface area contributed by atoms with Gasteiger partial charge < -0.3 is 10.6 Å². The molecule has 1 saturated heterocycles. The first kappa shape index (κ1) is 14.0. The van der Waals surface area contributed by atoms with E-state index in [1.165, 1.54) is 5.56 Å². The Morgan fingerprint density at radius 1 is 1.05 bits per heavy atom. The predicted octanol–water partition coefficient (Wildman–Crippen LogP) is 1.52. The van der Waals surface area contributed by atoms with Crippen LogP contribution in [-0.2, 0) is 0 Å². The summed E-state index contributed by atoms with van der Waals surface area (Å²) in [5.41, 5.74) is 9.34. The highest BCUT2D eigenvalue weighted by molar-refractivity contribution is 5.54. The Hall–Kier alpha value is -1.95. The molecule has 3 heterocycles. The van der Waals surface area contributed by atoms with Crippen LogP contribution in [0.25, 0.3) is 5.82 Å². The molecule has 0 spiro atoms. The van der Waals surface area contributed by atoms with Gasteiger partial charge in [0.2, 0.25) is 0 Å². The van der Waals surface area contributed by atoms with Crippen LogP contribution in [0.1, 0.15) is 29.8 Å². The number of aromatic nitrogens is 4. The molecule has 0 amide bonds. The minimum absolute atomic E-state index is 0.303. The SMILES string of the molecule is Cc1nn(-c2nccnc2N2CCC(N)CC2)c(C)c1C. The van der Waals surface area contributed by atoms with Crippen LogP contribution in [-0.4, -0.2) is 38.9 Å². The highest BCUT2D eigenvalue weighted by Gasteiger charge is 2.22. The van der Waals surface area contributed by atoms with E-state index in [9.17, 15) is 0 Å². The first-order valence-electron chi connectivity index (χ1n) is 7.42. The van der Waals surface area contributed by atoms with Crippen LogP contribution >= 0.6 is 0 Å². The molecule has 1 fully saturated rings. The van der Waals surface area contributed by atoms with E-state index in [0.29, 0.717) is 6.04 Å². The van der Waals surface area contributed by atoms with Crippen molar-refractivity contribution >= 4 is 5.82 Å². The summed E-state index contributed by atoms with van der Waals surface area (Å²) in [7, 11) is 0. The van der Waals surface area contributed by atoms with E-state index in [1.54, 1.807) is 12.4 Å². The van der Waals surface area contributed by atoms with Gasteiger partial charge in [-0.2, -0.15) is 5.10 Å². The lowest BCUT2D eigenvalue weighted by Crippen LogP contribution is -2.40. The largest absolute Gasteiger partial charge is 0.353 e. The number of piperidine rings is 1. The van der Waals surface area contributed by atoms with E-state index in [-0.39, 0.29) is 0 Å². The number of anilines is 1. The topological polar surface area (TPSA) is 72.9 Å². The molecule has 3 rings (SSSR count). The molecule has 0 unspecified atom stereocenters. The minimum atomic E-state index is 0.303. The summed E-state index contributed by atoms with van der Waals surface area (Å²) in [6.07, 6.45) is 5.45. The first-order valence-corrected chi connectivity index (χ1v) is 7.42. The third-order valence-electron chi connectivity index (χ3n) is 4.35. The molecule has 0 aromatic carbocycles. The van der Waals surface area contributed by atoms with Crippen molar-refractivity contribution in [2.24, 2.45) is 5.73 Å². The van der Waals surface area contributed by atoms with Crippen LogP contribution in [0.2, 0.25) is 0 Å². The molecule has 6 nitrogen and oxygen atoms in total. The zero-order valence-electron chi connectivity index (χ0n) is 12.9. The number of hydrogen-bond acceptors (Lipinski definition) is 5. The predicted molar refractivity (Wildman–Crippen MR) is 82.8 cm³/mol. The molecule has 6 heteroatoms. The molecular formula is C15H22N6. The number of nitrogens with zero attached hydrogens (tertiary/aromatic N) is 5. The number of hydrogen-bond donors (Lipinski definition) is 1. The van der Waals surface area contributed by atoms with Gasteiger partial charge in [-0.15, -0.1) is 0 Å². The molecule has 0 aliphatic carbocycles. The van der Waals surface area contributed by atoms with E-state index < -0.39 is 0 Å². The van der Waals surface area contributed by atoms with Crippen molar-refractivity contribution in [2.45, 2.75) is 39.7 Å². The summed E-state index contributed by atoms with van der Waals surface area (Å²) in [5.74, 6) is 1.71. The van der Waals surface area contributed by atoms with E-state index in [1.807, 2.05) is 11.6 Å². The molecular weight excluding hydrogens is 264 g/mol. The lowest BCUT2D eigenvalue weighted by Gasteiger charge is -2.31. The standard InChI is InChI=1S/C15H22N6/c1-10-11(2)19-21(12(10)3)15-14(17-6-7-18-15)20-8-4-13(16)5-9-20/h6-7,13H,4-5,8-9,16H2,1-3H3. The van der Waals surface area contributed by atoms with Gasteiger partial charge in [0.05, 0.1) is 5.69 Å². The van der Waals surface area contributed by atoms with Crippen molar-refractivity contribution in [1.82, 2.24) is 19.7 Å². The van der Waals surface area contributed by atoms with Crippen LogP contribution in [0.15, 0.2) is 12.4 Å². The Morgan fingerprint density at radius 2 is 1.67 bits per heavy atom. The summed E-state index contributed by atoms with van der Waals surface area (Å²) < 4.78 is 1.90. The molecule has 0 atom stereocenters. The van der Waals surface area contributed by atoms with Crippen LogP contribution in [0.5, 0.6) is 0 Å². The van der Waals surface area contributed by atoms with Gasteiger partial charge in [-0.25, -0.2) is 14.6 Å². The van der Waals surface area contributed by atoms with Crippen LogP contribution in [0.4, 0.5) is 5.82 Å². The van der Waals surface area contributed by atoms with E-state index in [2.05, 4.69) is 33.8 Å². The van der Waals surface area contributed by atoms with Gasteiger partial charge in [0.1, 0.15) is 0 Å². The van der Waals surface area contributed by atoms with Crippen molar-refractivity contribution in [3.05, 3.63) is 29.3 Å². The average Bonchev–Trinajstić information content (AvgIpc) is 2.76. The van der Waals surface area contributed by atoms with Gasteiger partial charge in [0.15, 0.2) is 11.6 Å². The van der Waals surface area contributed by atoms with E-state index >= 15 is 0 Å². The van der Waals surface area contributed by atoms with Gasteiger partial charge in [-0.1, -0.05) is 0 Å². The summed E-state index contributed by atoms with van der Waals surface area (Å²) in [5, 5.41) is 4.61. The minimum Gasteiger partial charge on any atom is -0.353 e. The second-order valence-electron chi connectivity index (χ2n) is 5.74. The van der Waals surface area contributed by atoms with Crippen molar-refractivity contribution in [3.8, 4) is 5.82 Å². The second kappa shape index (κ2) is 5.44. The van der Waals surface area contributed by atoms with Gasteiger partial charge in [0, 0.05) is 37.2 Å². The summed E-state index contributed by atoms with van der Waals surface area (Å²) in [6.45, 7) is 8.02. The summed E-state index contributed by atoms with van der Waals surface area (Å²) in [6, 6.07) is 0.303. The monoisotopic (exact) mass is 286 g/mol. The summed E-state index contributed by atoms with van der Waals surface area (Å²) >= 11 is 0. The van der Waals surface area contributed by atoms with Crippen LogP contribution < -0.4 is 10.6 Å². The van der Waals surface area contributed by atoms with Crippen molar-refractivity contribution in [2.75, 3.05) is 18.0 Å². The molecule has 21 heavy (non-hydrogen) atoms. The molecule has 112 valence electrons. The van der Waals surface area contributed by atoms with Crippen molar-refractivity contribution in [3.63, 3.8) is 0 Å². The molecule has 0 bridgehead atoms. The second-order valence-corrected chi connectivity index (χ2v) is 5.74. The molecule has 0 radical (unpaired) electrons. The fraction of sp³-hybridized carbons (Fsp3) is 0.533. The fourth-order valence-corrected chi connectivity index (χ4v) is 2.73. The highest BCUT2D eigenvalue weighted by Crippen LogP contribution is 2.25. The maximum absolute atomic E-state index is 5.99. The number of rotatable bonds is 2. The average molecular weight is 286 g/mol. The number of aryl methyl sites for hydroxylation is 1. The molecule has 1 aliphatic rings. The Bertz CT molecular complexity index is 640. The molecule has 0 saturated carbocycles. The van der Waals surface area contributed by atoms with E-state index in [4.69, 9.17) is 5.73 Å². The van der Waals surface area contributed by atoms with E-state index in [0.717, 1.165) is 49.0 Å². The third kappa shape index (κ3) is 2.51. The molecule has 2 aromatic rings. The normalized spacial score (nSPS) is 16.5. The zero-order chi connectivity index (χ0) is 15.0. The van der Waals surface area contributed by atoms with Gasteiger partial charge >= 0.3 is 0 Å². The lowest BCUT2D eigenvalue weighted by molar-refractivity contribution is 0.497. The molecule has 2 N–H and O–H groups in total. The number of nitrogens with two attached hydrogens (primary N) is 1. The molecule has 1 aliphatic heterocycles. The van der Waals surface area contributed by atoms with Crippen LogP contribution in [0, 0.1) is 20.8 Å². The Balaban J connectivity index is 2.01.